The average molecular weight is 352 g/mol. The van der Waals surface area contributed by atoms with Crippen LogP contribution in [0.5, 0.6) is 0 Å². The molecule has 0 fully saturated rings. The fourth-order valence-electron chi connectivity index (χ4n) is 2.46. The molecule has 126 valence electrons. The van der Waals surface area contributed by atoms with Crippen molar-refractivity contribution in [2.45, 2.75) is 26.3 Å². The second-order valence-electron chi connectivity index (χ2n) is 5.52. The molecule has 2 aromatic heterocycles. The van der Waals surface area contributed by atoms with Crippen LogP contribution in [0.1, 0.15) is 23.8 Å². The Kier molecular flexibility index (Phi) is 4.91. The molecule has 0 atom stereocenters. The minimum absolute atomic E-state index is 0.125. The number of hydrogen-bond donors (Lipinski definition) is 1. The van der Waals surface area contributed by atoms with Gasteiger partial charge in [0.1, 0.15) is 4.83 Å². The van der Waals surface area contributed by atoms with Crippen LogP contribution in [0.25, 0.3) is 10.2 Å². The van der Waals surface area contributed by atoms with E-state index >= 15 is 0 Å². The maximum atomic E-state index is 12.5. The largest absolute Gasteiger partial charge is 0.326 e. The van der Waals surface area contributed by atoms with Crippen molar-refractivity contribution in [3.63, 3.8) is 0 Å². The highest BCUT2D eigenvalue weighted by Gasteiger charge is 2.10. The van der Waals surface area contributed by atoms with Crippen LogP contribution in [0.2, 0.25) is 0 Å². The van der Waals surface area contributed by atoms with Gasteiger partial charge in [0.05, 0.1) is 23.3 Å². The first-order chi connectivity index (χ1) is 12.1. The molecule has 3 aromatic rings. The van der Waals surface area contributed by atoms with Crippen molar-refractivity contribution < 1.29 is 4.79 Å². The molecule has 3 rings (SSSR count). The third kappa shape index (κ3) is 3.75. The first-order valence-electron chi connectivity index (χ1n) is 7.88. The molecule has 0 aliphatic carbocycles. The highest BCUT2D eigenvalue weighted by molar-refractivity contribution is 7.18. The second-order valence-corrected chi connectivity index (χ2v) is 6.63. The first-order valence-corrected chi connectivity index (χ1v) is 8.70. The van der Waals surface area contributed by atoms with Crippen molar-refractivity contribution in [3.05, 3.63) is 57.5 Å². The first kappa shape index (κ1) is 16.9. The number of hydrogen-bond acceptors (Lipinski definition) is 5. The zero-order valence-electron chi connectivity index (χ0n) is 13.7. The number of carbonyl (C=O) groups is 1. The highest BCUT2D eigenvalue weighted by Crippen LogP contribution is 2.21. The Morgan fingerprint density at radius 2 is 2.24 bits per heavy atom. The van der Waals surface area contributed by atoms with Gasteiger partial charge in [-0.15, -0.1) is 11.3 Å². The Hall–Kier alpha value is -2.98. The molecule has 1 N–H and O–H groups in total. The van der Waals surface area contributed by atoms with E-state index in [1.807, 2.05) is 19.1 Å². The van der Waals surface area contributed by atoms with Crippen LogP contribution < -0.4 is 10.9 Å². The molecule has 1 aromatic carbocycles. The maximum Gasteiger partial charge on any atom is 0.262 e. The van der Waals surface area contributed by atoms with Crippen LogP contribution >= 0.6 is 11.3 Å². The lowest BCUT2D eigenvalue weighted by Crippen LogP contribution is -2.23. The summed E-state index contributed by atoms with van der Waals surface area (Å²) in [4.78, 5) is 30.7. The van der Waals surface area contributed by atoms with Crippen molar-refractivity contribution >= 4 is 33.1 Å². The summed E-state index contributed by atoms with van der Waals surface area (Å²) >= 11 is 1.52. The maximum absolute atomic E-state index is 12.5. The van der Waals surface area contributed by atoms with E-state index in [0.717, 1.165) is 16.1 Å². The number of anilines is 1. The van der Waals surface area contributed by atoms with E-state index in [0.29, 0.717) is 16.6 Å². The van der Waals surface area contributed by atoms with E-state index in [4.69, 9.17) is 5.26 Å². The zero-order valence-corrected chi connectivity index (χ0v) is 14.5. The van der Waals surface area contributed by atoms with Gasteiger partial charge in [-0.25, -0.2) is 4.98 Å². The molecular weight excluding hydrogens is 336 g/mol. The zero-order chi connectivity index (χ0) is 17.8. The molecule has 0 aliphatic heterocycles. The molecule has 0 unspecified atom stereocenters. The average Bonchev–Trinajstić information content (AvgIpc) is 3.05. The highest BCUT2D eigenvalue weighted by atomic mass is 32.1. The van der Waals surface area contributed by atoms with E-state index in [1.54, 1.807) is 24.3 Å². The molecule has 0 radical (unpaired) electrons. The van der Waals surface area contributed by atoms with E-state index in [2.05, 4.69) is 10.3 Å². The number of rotatable bonds is 5. The Morgan fingerprint density at radius 1 is 1.40 bits per heavy atom. The number of thiophene rings is 1. The molecule has 6 nitrogen and oxygen atoms in total. The standard InChI is InChI=1S/C18H16N4O2S/c1-2-14-9-15-17(25-14)20-11-22(18(15)24)7-6-16(23)21-13-5-3-4-12(8-13)10-19/h3-5,8-9,11H,2,6-7H2,1H3,(H,21,23). The fraction of sp³-hybridized carbons (Fsp3) is 0.222. The molecule has 1 amide bonds. The minimum Gasteiger partial charge on any atom is -0.326 e. The fourth-order valence-corrected chi connectivity index (χ4v) is 3.38. The van der Waals surface area contributed by atoms with E-state index < -0.39 is 0 Å². The smallest absolute Gasteiger partial charge is 0.262 e. The van der Waals surface area contributed by atoms with Crippen molar-refractivity contribution in [1.29, 1.82) is 5.26 Å². The Balaban J connectivity index is 1.69. The van der Waals surface area contributed by atoms with Gasteiger partial charge >= 0.3 is 0 Å². The van der Waals surface area contributed by atoms with Gasteiger partial charge in [0, 0.05) is 23.5 Å². The Bertz CT molecular complexity index is 1030. The minimum atomic E-state index is -0.221. The van der Waals surface area contributed by atoms with Crippen molar-refractivity contribution in [1.82, 2.24) is 9.55 Å². The van der Waals surface area contributed by atoms with Gasteiger partial charge in [-0.1, -0.05) is 13.0 Å². The van der Waals surface area contributed by atoms with Crippen LogP contribution in [-0.2, 0) is 17.8 Å². The molecule has 0 saturated carbocycles. The Labute approximate surface area is 148 Å². The summed E-state index contributed by atoms with van der Waals surface area (Å²) in [5.41, 5.74) is 0.920. The van der Waals surface area contributed by atoms with E-state index in [-0.39, 0.29) is 24.4 Å². The number of nitrogens with one attached hydrogen (secondary N) is 1. The van der Waals surface area contributed by atoms with Crippen LogP contribution in [0, 0.1) is 11.3 Å². The van der Waals surface area contributed by atoms with Gasteiger partial charge in [0.25, 0.3) is 5.56 Å². The van der Waals surface area contributed by atoms with E-state index in [9.17, 15) is 9.59 Å². The number of aryl methyl sites for hydroxylation is 2. The van der Waals surface area contributed by atoms with Gasteiger partial charge < -0.3 is 5.32 Å². The summed E-state index contributed by atoms with van der Waals surface area (Å²) in [5, 5.41) is 12.2. The van der Waals surface area contributed by atoms with Crippen LogP contribution in [0.3, 0.4) is 0 Å². The summed E-state index contributed by atoms with van der Waals surface area (Å²) in [7, 11) is 0. The Morgan fingerprint density at radius 3 is 3.00 bits per heavy atom. The molecule has 0 saturated heterocycles. The van der Waals surface area contributed by atoms with Crippen molar-refractivity contribution in [3.8, 4) is 6.07 Å². The SMILES string of the molecule is CCc1cc2c(=O)n(CCC(=O)Nc3cccc(C#N)c3)cnc2s1. The number of nitrogens with zero attached hydrogens (tertiary/aromatic N) is 3. The molecule has 7 heteroatoms. The number of aromatic nitrogens is 2. The molecule has 25 heavy (non-hydrogen) atoms. The predicted octanol–water partition coefficient (Wildman–Crippen LogP) is 2.92. The number of carbonyl (C=O) groups excluding carboxylic acids is 1. The number of fused-ring (bicyclic) bond motifs is 1. The van der Waals surface area contributed by atoms with Crippen LogP contribution in [0.15, 0.2) is 41.5 Å². The molecule has 2 heterocycles. The summed E-state index contributed by atoms with van der Waals surface area (Å²) in [6.45, 7) is 2.29. The molecule has 0 spiro atoms. The lowest BCUT2D eigenvalue weighted by molar-refractivity contribution is -0.116. The van der Waals surface area contributed by atoms with Gasteiger partial charge in [-0.05, 0) is 30.7 Å². The number of amides is 1. The van der Waals surface area contributed by atoms with Gasteiger partial charge in [0.2, 0.25) is 5.91 Å². The normalized spacial score (nSPS) is 10.6. The summed E-state index contributed by atoms with van der Waals surface area (Å²) in [5.74, 6) is -0.221. The number of nitriles is 1. The van der Waals surface area contributed by atoms with Gasteiger partial charge in [-0.2, -0.15) is 5.26 Å². The quantitative estimate of drug-likeness (QED) is 0.765. The van der Waals surface area contributed by atoms with Crippen molar-refractivity contribution in [2.24, 2.45) is 0 Å². The molecular formula is C18H16N4O2S. The van der Waals surface area contributed by atoms with E-state index in [1.165, 1.54) is 22.2 Å². The monoisotopic (exact) mass is 352 g/mol. The second kappa shape index (κ2) is 7.28. The topological polar surface area (TPSA) is 87.8 Å². The third-order valence-electron chi connectivity index (χ3n) is 3.77. The lowest BCUT2D eigenvalue weighted by Gasteiger charge is -2.07. The van der Waals surface area contributed by atoms with Crippen LogP contribution in [0.4, 0.5) is 5.69 Å². The van der Waals surface area contributed by atoms with Crippen LogP contribution in [-0.4, -0.2) is 15.5 Å². The number of benzene rings is 1. The van der Waals surface area contributed by atoms with Crippen molar-refractivity contribution in [2.75, 3.05) is 5.32 Å². The predicted molar refractivity (Wildman–Crippen MR) is 97.7 cm³/mol. The molecule has 0 bridgehead atoms. The lowest BCUT2D eigenvalue weighted by atomic mass is 10.2. The summed E-state index contributed by atoms with van der Waals surface area (Å²) in [6.07, 6.45) is 2.50. The summed E-state index contributed by atoms with van der Waals surface area (Å²) < 4.78 is 1.46. The molecule has 0 aliphatic rings. The third-order valence-corrected chi connectivity index (χ3v) is 4.96. The van der Waals surface area contributed by atoms with Gasteiger partial charge in [0.15, 0.2) is 0 Å². The van der Waals surface area contributed by atoms with Gasteiger partial charge in [-0.3, -0.25) is 14.2 Å². The summed E-state index contributed by atoms with van der Waals surface area (Å²) in [6, 6.07) is 10.6.